The molecule has 0 bridgehead atoms. The van der Waals surface area contributed by atoms with Crippen molar-refractivity contribution in [1.29, 1.82) is 0 Å². The van der Waals surface area contributed by atoms with Crippen LogP contribution >= 0.6 is 0 Å². The average molecular weight is 416 g/mol. The van der Waals surface area contributed by atoms with Gasteiger partial charge in [-0.05, 0) is 42.0 Å². The predicted octanol–water partition coefficient (Wildman–Crippen LogP) is 3.46. The Bertz CT molecular complexity index is 1150. The normalized spacial score (nSPS) is 21.7. The number of carbonyl (C=O) groups excluding carboxylic acids is 2. The molecule has 5 nitrogen and oxygen atoms in total. The number of anilines is 1. The van der Waals surface area contributed by atoms with Crippen molar-refractivity contribution in [3.63, 3.8) is 0 Å². The van der Waals surface area contributed by atoms with Gasteiger partial charge in [0.15, 0.2) is 0 Å². The first kappa shape index (κ1) is 19.5. The van der Waals surface area contributed by atoms with Crippen LogP contribution in [-0.2, 0) is 0 Å². The molecule has 0 aromatic heterocycles. The number of fused-ring (bicyclic) bond motifs is 3. The van der Waals surface area contributed by atoms with Gasteiger partial charge in [0, 0.05) is 29.3 Å². The summed E-state index contributed by atoms with van der Waals surface area (Å²) in [6.07, 6.45) is 0. The van der Waals surface area contributed by atoms with Crippen molar-refractivity contribution >= 4 is 17.5 Å². The Morgan fingerprint density at radius 1 is 0.903 bits per heavy atom. The lowest BCUT2D eigenvalue weighted by Gasteiger charge is -2.58. The zero-order valence-electron chi connectivity index (χ0n) is 16.7. The van der Waals surface area contributed by atoms with E-state index in [0.29, 0.717) is 12.1 Å². The second-order valence-corrected chi connectivity index (χ2v) is 7.91. The number of hydrogen-bond acceptors (Lipinski definition) is 3. The maximum Gasteiger partial charge on any atom is 0.258 e. The molecule has 2 amide bonds. The van der Waals surface area contributed by atoms with Crippen LogP contribution in [0.25, 0.3) is 0 Å². The van der Waals surface area contributed by atoms with Crippen molar-refractivity contribution in [3.05, 3.63) is 101 Å². The molecule has 1 saturated heterocycles. The van der Waals surface area contributed by atoms with Crippen LogP contribution in [0, 0.1) is 5.82 Å². The fraction of sp³-hybridized carbons (Fsp3) is 0.200. The molecule has 31 heavy (non-hydrogen) atoms. The summed E-state index contributed by atoms with van der Waals surface area (Å²) in [7, 11) is 0. The van der Waals surface area contributed by atoms with Crippen molar-refractivity contribution in [1.82, 2.24) is 4.90 Å². The van der Waals surface area contributed by atoms with Crippen molar-refractivity contribution in [2.24, 2.45) is 0 Å². The summed E-state index contributed by atoms with van der Waals surface area (Å²) in [5.74, 6) is -1.06. The lowest BCUT2D eigenvalue weighted by atomic mass is 9.71. The average Bonchev–Trinajstić information content (AvgIpc) is 2.79. The van der Waals surface area contributed by atoms with E-state index in [2.05, 4.69) is 0 Å². The summed E-state index contributed by atoms with van der Waals surface area (Å²) >= 11 is 0. The molecule has 2 aliphatic rings. The van der Waals surface area contributed by atoms with E-state index >= 15 is 0 Å². The summed E-state index contributed by atoms with van der Waals surface area (Å²) in [5.41, 5.74) is 2.53. The molecule has 0 unspecified atom stereocenters. The first-order chi connectivity index (χ1) is 15.1. The van der Waals surface area contributed by atoms with Crippen LogP contribution in [0.1, 0.15) is 32.2 Å². The SMILES string of the molecule is O=C(c1ccccc1)N1C[C@@H]2[C@H](c3ccccc31)[C@H](CO)N2C(=O)c1cccc(F)c1. The number of rotatable bonds is 3. The van der Waals surface area contributed by atoms with Crippen molar-refractivity contribution < 1.29 is 19.1 Å². The largest absolute Gasteiger partial charge is 0.394 e. The van der Waals surface area contributed by atoms with Crippen LogP contribution in [0.15, 0.2) is 78.9 Å². The Morgan fingerprint density at radius 2 is 1.61 bits per heavy atom. The van der Waals surface area contributed by atoms with Crippen molar-refractivity contribution in [2.45, 2.75) is 18.0 Å². The lowest BCUT2D eigenvalue weighted by molar-refractivity contribution is -0.0246. The second kappa shape index (κ2) is 7.63. The number of nitrogens with zero attached hydrogens (tertiary/aromatic N) is 2. The monoisotopic (exact) mass is 416 g/mol. The minimum absolute atomic E-state index is 0.0847. The fourth-order valence-corrected chi connectivity index (χ4v) is 4.87. The number of aliphatic hydroxyl groups is 1. The zero-order valence-corrected chi connectivity index (χ0v) is 16.7. The molecule has 1 fully saturated rings. The molecule has 6 heteroatoms. The summed E-state index contributed by atoms with van der Waals surface area (Å²) in [5, 5.41) is 10.1. The molecule has 3 aromatic carbocycles. The minimum Gasteiger partial charge on any atom is -0.394 e. The first-order valence-corrected chi connectivity index (χ1v) is 10.2. The van der Waals surface area contributed by atoms with E-state index in [0.717, 1.165) is 11.3 Å². The topological polar surface area (TPSA) is 60.9 Å². The van der Waals surface area contributed by atoms with E-state index in [9.17, 15) is 19.1 Å². The van der Waals surface area contributed by atoms with E-state index in [4.69, 9.17) is 0 Å². The quantitative estimate of drug-likeness (QED) is 0.712. The molecule has 2 heterocycles. The van der Waals surface area contributed by atoms with Gasteiger partial charge < -0.3 is 14.9 Å². The first-order valence-electron chi connectivity index (χ1n) is 10.2. The van der Waals surface area contributed by atoms with E-state index < -0.39 is 11.9 Å². The van der Waals surface area contributed by atoms with Gasteiger partial charge in [-0.2, -0.15) is 0 Å². The standard InChI is InChI=1S/C25H21FN2O3/c26-18-10-6-9-17(13-18)25(31)28-21-14-27(24(30)16-7-2-1-3-8-16)20-12-5-4-11-19(20)23(21)22(28)15-29/h1-13,21-23,29H,14-15H2/t21-,22+,23+/m1/s1. The van der Waals surface area contributed by atoms with E-state index in [-0.39, 0.29) is 35.9 Å². The molecule has 2 aliphatic heterocycles. The van der Waals surface area contributed by atoms with Gasteiger partial charge in [-0.3, -0.25) is 9.59 Å². The number of halogens is 1. The molecule has 3 aromatic rings. The Labute approximate surface area is 179 Å². The number of likely N-dealkylation sites (tertiary alicyclic amines) is 1. The van der Waals surface area contributed by atoms with Crippen LogP contribution in [0.2, 0.25) is 0 Å². The molecule has 5 rings (SSSR count). The number of amides is 2. The van der Waals surface area contributed by atoms with Gasteiger partial charge in [-0.25, -0.2) is 4.39 Å². The summed E-state index contributed by atoms with van der Waals surface area (Å²) in [6, 6.07) is 21.5. The Hall–Kier alpha value is -3.51. The fourth-order valence-electron chi connectivity index (χ4n) is 4.87. The number of aliphatic hydroxyl groups excluding tert-OH is 1. The number of benzene rings is 3. The van der Waals surface area contributed by atoms with Gasteiger partial charge in [-0.1, -0.05) is 42.5 Å². The highest BCUT2D eigenvalue weighted by molar-refractivity contribution is 6.07. The smallest absolute Gasteiger partial charge is 0.258 e. The van der Waals surface area contributed by atoms with Crippen LogP contribution in [-0.4, -0.2) is 47.1 Å². The highest BCUT2D eigenvalue weighted by Crippen LogP contribution is 2.48. The maximum atomic E-state index is 13.7. The van der Waals surface area contributed by atoms with Crippen molar-refractivity contribution in [3.8, 4) is 0 Å². The predicted molar refractivity (Wildman–Crippen MR) is 115 cm³/mol. The van der Waals surface area contributed by atoms with E-state index in [1.165, 1.54) is 18.2 Å². The molecule has 156 valence electrons. The van der Waals surface area contributed by atoms with Gasteiger partial charge in [0.1, 0.15) is 5.82 Å². The molecule has 1 N–H and O–H groups in total. The Morgan fingerprint density at radius 3 is 2.35 bits per heavy atom. The van der Waals surface area contributed by atoms with Crippen LogP contribution < -0.4 is 4.90 Å². The zero-order chi connectivity index (χ0) is 21.5. The maximum absolute atomic E-state index is 13.7. The molecule has 3 atom stereocenters. The summed E-state index contributed by atoms with van der Waals surface area (Å²) in [4.78, 5) is 29.8. The molecule has 0 spiro atoms. The minimum atomic E-state index is -0.488. The number of para-hydroxylation sites is 1. The van der Waals surface area contributed by atoms with Crippen LogP contribution in [0.5, 0.6) is 0 Å². The Balaban J connectivity index is 1.53. The molecule has 0 saturated carbocycles. The number of carbonyl (C=O) groups is 2. The third kappa shape index (κ3) is 3.11. The van der Waals surface area contributed by atoms with Gasteiger partial charge in [0.05, 0.1) is 18.7 Å². The van der Waals surface area contributed by atoms with Crippen LogP contribution in [0.3, 0.4) is 0 Å². The van der Waals surface area contributed by atoms with Gasteiger partial charge in [0.2, 0.25) is 0 Å². The summed E-state index contributed by atoms with van der Waals surface area (Å²) in [6.45, 7) is 0.107. The van der Waals surface area contributed by atoms with Gasteiger partial charge in [-0.15, -0.1) is 0 Å². The third-order valence-corrected chi connectivity index (χ3v) is 6.26. The highest BCUT2D eigenvalue weighted by Gasteiger charge is 2.55. The molecular formula is C25H21FN2O3. The molecule has 0 aliphatic carbocycles. The van der Waals surface area contributed by atoms with E-state index in [1.807, 2.05) is 42.5 Å². The molecule has 0 radical (unpaired) electrons. The van der Waals surface area contributed by atoms with Crippen LogP contribution in [0.4, 0.5) is 10.1 Å². The highest BCUT2D eigenvalue weighted by atomic mass is 19.1. The lowest BCUT2D eigenvalue weighted by Crippen LogP contribution is -2.70. The second-order valence-electron chi connectivity index (χ2n) is 7.91. The van der Waals surface area contributed by atoms with Gasteiger partial charge >= 0.3 is 0 Å². The summed E-state index contributed by atoms with van der Waals surface area (Å²) < 4.78 is 13.7. The Kier molecular flexibility index (Phi) is 4.79. The van der Waals surface area contributed by atoms with Gasteiger partial charge in [0.25, 0.3) is 11.8 Å². The van der Waals surface area contributed by atoms with Crippen molar-refractivity contribution in [2.75, 3.05) is 18.1 Å². The third-order valence-electron chi connectivity index (χ3n) is 6.26. The van der Waals surface area contributed by atoms with E-state index in [1.54, 1.807) is 28.0 Å². The number of hydrogen-bond donors (Lipinski definition) is 1. The molecular weight excluding hydrogens is 395 g/mol.